The van der Waals surface area contributed by atoms with Crippen LogP contribution in [0.3, 0.4) is 0 Å². The van der Waals surface area contributed by atoms with Crippen molar-refractivity contribution in [3.05, 3.63) is 0 Å². The molecule has 0 aromatic rings. The van der Waals surface area contributed by atoms with Gasteiger partial charge in [0.1, 0.15) is 12.2 Å². The Labute approximate surface area is 186 Å². The molecule has 7 unspecified atom stereocenters. The summed E-state index contributed by atoms with van der Waals surface area (Å²) in [5, 5.41) is 7.54. The van der Waals surface area contributed by atoms with Gasteiger partial charge in [-0.25, -0.2) is 9.18 Å². The van der Waals surface area contributed by atoms with Gasteiger partial charge in [0.25, 0.3) is 0 Å². The molecule has 4 aliphatic rings. The molecule has 7 atom stereocenters. The van der Waals surface area contributed by atoms with Crippen molar-refractivity contribution in [2.45, 2.75) is 75.0 Å². The molecule has 0 spiro atoms. The van der Waals surface area contributed by atoms with Crippen LogP contribution in [0.15, 0.2) is 0 Å². The highest BCUT2D eigenvalue weighted by molar-refractivity contribution is 6.21. The Morgan fingerprint density at radius 3 is 2.68 bits per heavy atom. The van der Waals surface area contributed by atoms with E-state index in [1.165, 1.54) is 0 Å². The third kappa shape index (κ3) is 4.96. The van der Waals surface area contributed by atoms with Crippen molar-refractivity contribution in [2.24, 2.45) is 17.8 Å². The Hall–Kier alpha value is -1.90. The van der Waals surface area contributed by atoms with Crippen LogP contribution in [-0.2, 0) is 14.4 Å². The predicted molar refractivity (Wildman–Crippen MR) is 111 cm³/mol. The van der Waals surface area contributed by atoms with Gasteiger partial charge < -0.3 is 15.5 Å². The molecule has 2 saturated heterocycles. The van der Waals surface area contributed by atoms with E-state index >= 15 is 0 Å². The number of hydrogen-bond donors (Lipinski definition) is 3. The first-order valence-electron chi connectivity index (χ1n) is 11.3. The van der Waals surface area contributed by atoms with Crippen molar-refractivity contribution in [1.29, 1.82) is 0 Å². The number of amides is 5. The van der Waals surface area contributed by atoms with Gasteiger partial charge in [-0.15, -0.1) is 11.6 Å². The quantitative estimate of drug-likeness (QED) is 0.439. The van der Waals surface area contributed by atoms with Crippen molar-refractivity contribution < 1.29 is 23.6 Å². The SMILES string of the molecule is O=C1CCC(N2CC3CCC(CNC(=O)NC4CCC(F)C(Cl)C4)CC3C2=O)C(=O)N1. The van der Waals surface area contributed by atoms with Crippen LogP contribution in [0.2, 0.25) is 0 Å². The zero-order valence-corrected chi connectivity index (χ0v) is 18.2. The number of imide groups is 1. The molecule has 3 N–H and O–H groups in total. The van der Waals surface area contributed by atoms with Gasteiger partial charge in [-0.1, -0.05) is 0 Å². The van der Waals surface area contributed by atoms with Gasteiger partial charge in [0.05, 0.1) is 5.38 Å². The van der Waals surface area contributed by atoms with Gasteiger partial charge in [-0.3, -0.25) is 19.7 Å². The molecule has 2 aliphatic heterocycles. The molecule has 0 aromatic carbocycles. The molecule has 8 nitrogen and oxygen atoms in total. The molecule has 5 amide bonds. The van der Waals surface area contributed by atoms with Crippen LogP contribution in [0.25, 0.3) is 0 Å². The largest absolute Gasteiger partial charge is 0.338 e. The number of rotatable bonds is 4. The third-order valence-corrected chi connectivity index (χ3v) is 7.75. The predicted octanol–water partition coefficient (Wildman–Crippen LogP) is 1.46. The Bertz CT molecular complexity index is 753. The van der Waals surface area contributed by atoms with Gasteiger partial charge in [-0.05, 0) is 56.8 Å². The number of hydrogen-bond acceptors (Lipinski definition) is 4. The standard InChI is InChI=1S/C21H30ClFN4O4/c22-15-8-13(3-4-16(15)23)25-21(31)24-9-11-1-2-12-10-27(20(30)14(12)7-11)17-5-6-18(28)26-19(17)29/h11-17H,1-10H2,(H2,24,25,31)(H,26,28,29). The summed E-state index contributed by atoms with van der Waals surface area (Å²) < 4.78 is 13.5. The summed E-state index contributed by atoms with van der Waals surface area (Å²) in [6.07, 6.45) is 3.46. The second-order valence-corrected chi connectivity index (χ2v) is 9.96. The Morgan fingerprint density at radius 1 is 1.13 bits per heavy atom. The van der Waals surface area contributed by atoms with Crippen LogP contribution < -0.4 is 16.0 Å². The molecule has 0 bridgehead atoms. The number of carbonyl (C=O) groups excluding carboxylic acids is 4. The lowest BCUT2D eigenvalue weighted by molar-refractivity contribution is -0.144. The van der Waals surface area contributed by atoms with Crippen LogP contribution in [0.4, 0.5) is 9.18 Å². The van der Waals surface area contributed by atoms with E-state index in [9.17, 15) is 23.6 Å². The van der Waals surface area contributed by atoms with Gasteiger partial charge >= 0.3 is 6.03 Å². The number of piperidine rings is 1. The summed E-state index contributed by atoms with van der Waals surface area (Å²) in [5.41, 5.74) is 0. The van der Waals surface area contributed by atoms with Gasteiger partial charge in [-0.2, -0.15) is 0 Å². The topological polar surface area (TPSA) is 108 Å². The summed E-state index contributed by atoms with van der Waals surface area (Å²) in [5.74, 6) is -0.386. The van der Waals surface area contributed by atoms with E-state index in [1.807, 2.05) is 0 Å². The summed E-state index contributed by atoms with van der Waals surface area (Å²) in [6.45, 7) is 1.04. The fourth-order valence-corrected chi connectivity index (χ4v) is 5.87. The van der Waals surface area contributed by atoms with E-state index in [1.54, 1.807) is 4.90 Å². The number of urea groups is 1. The van der Waals surface area contributed by atoms with E-state index in [-0.39, 0.29) is 54.0 Å². The summed E-state index contributed by atoms with van der Waals surface area (Å²) in [4.78, 5) is 50.5. The lowest BCUT2D eigenvalue weighted by atomic mass is 9.75. The maximum absolute atomic E-state index is 13.5. The maximum Gasteiger partial charge on any atom is 0.315 e. The Kier molecular flexibility index (Phi) is 6.69. The number of carbonyl (C=O) groups is 4. The van der Waals surface area contributed by atoms with Crippen molar-refractivity contribution in [3.63, 3.8) is 0 Å². The van der Waals surface area contributed by atoms with Crippen molar-refractivity contribution >= 4 is 35.4 Å². The molecule has 2 saturated carbocycles. The molecule has 2 aliphatic carbocycles. The minimum absolute atomic E-state index is 0.00946. The van der Waals surface area contributed by atoms with E-state index in [0.717, 1.165) is 12.8 Å². The lowest BCUT2D eigenvalue weighted by Crippen LogP contribution is -2.53. The van der Waals surface area contributed by atoms with Crippen LogP contribution in [-0.4, -0.2) is 65.4 Å². The van der Waals surface area contributed by atoms with Gasteiger partial charge in [0.2, 0.25) is 17.7 Å². The number of alkyl halides is 2. The summed E-state index contributed by atoms with van der Waals surface area (Å²) >= 11 is 5.97. The van der Waals surface area contributed by atoms with Crippen LogP contribution in [0.5, 0.6) is 0 Å². The first kappa shape index (κ1) is 22.3. The van der Waals surface area contributed by atoms with Crippen LogP contribution in [0.1, 0.15) is 51.4 Å². The maximum atomic E-state index is 13.5. The fourth-order valence-electron chi connectivity index (χ4n) is 5.53. The zero-order valence-electron chi connectivity index (χ0n) is 17.4. The highest BCUT2D eigenvalue weighted by Crippen LogP contribution is 2.41. The molecule has 172 valence electrons. The highest BCUT2D eigenvalue weighted by Gasteiger charge is 2.48. The number of nitrogens with zero attached hydrogens (tertiary/aromatic N) is 1. The van der Waals surface area contributed by atoms with Gasteiger partial charge in [0.15, 0.2) is 0 Å². The number of fused-ring (bicyclic) bond motifs is 1. The van der Waals surface area contributed by atoms with Crippen molar-refractivity contribution in [3.8, 4) is 0 Å². The second-order valence-electron chi connectivity index (χ2n) is 9.40. The van der Waals surface area contributed by atoms with Crippen LogP contribution in [0, 0.1) is 17.8 Å². The van der Waals surface area contributed by atoms with Crippen molar-refractivity contribution in [1.82, 2.24) is 20.9 Å². The molecule has 0 radical (unpaired) electrons. The van der Waals surface area contributed by atoms with E-state index < -0.39 is 17.6 Å². The lowest BCUT2D eigenvalue weighted by Gasteiger charge is -2.31. The monoisotopic (exact) mass is 456 g/mol. The van der Waals surface area contributed by atoms with E-state index in [0.29, 0.717) is 45.2 Å². The Balaban J connectivity index is 1.24. The normalized spacial score (nSPS) is 38.5. The molecule has 4 fully saturated rings. The zero-order chi connectivity index (χ0) is 22.1. The molecule has 10 heteroatoms. The number of halogens is 2. The molecule has 31 heavy (non-hydrogen) atoms. The average Bonchev–Trinajstić information content (AvgIpc) is 3.05. The number of nitrogens with one attached hydrogen (secondary N) is 3. The molecule has 2 heterocycles. The minimum Gasteiger partial charge on any atom is -0.338 e. The van der Waals surface area contributed by atoms with E-state index in [2.05, 4.69) is 16.0 Å². The average molecular weight is 457 g/mol. The third-order valence-electron chi connectivity index (χ3n) is 7.30. The van der Waals surface area contributed by atoms with E-state index in [4.69, 9.17) is 11.6 Å². The molecular formula is C21H30ClFN4O4. The first-order valence-corrected chi connectivity index (χ1v) is 11.7. The fraction of sp³-hybridized carbons (Fsp3) is 0.810. The second kappa shape index (κ2) is 9.30. The smallest absolute Gasteiger partial charge is 0.315 e. The van der Waals surface area contributed by atoms with Gasteiger partial charge in [0, 0.05) is 31.5 Å². The molecule has 0 aromatic heterocycles. The van der Waals surface area contributed by atoms with Crippen LogP contribution >= 0.6 is 11.6 Å². The summed E-state index contributed by atoms with van der Waals surface area (Å²) in [6, 6.07) is -0.955. The first-order chi connectivity index (χ1) is 14.8. The highest BCUT2D eigenvalue weighted by atomic mass is 35.5. The molecule has 4 rings (SSSR count). The Morgan fingerprint density at radius 2 is 1.94 bits per heavy atom. The summed E-state index contributed by atoms with van der Waals surface area (Å²) in [7, 11) is 0. The van der Waals surface area contributed by atoms with Crippen molar-refractivity contribution in [2.75, 3.05) is 13.1 Å². The minimum atomic E-state index is -1.01. The molecular weight excluding hydrogens is 427 g/mol. The number of likely N-dealkylation sites (tertiary alicyclic amines) is 1.